The Labute approximate surface area is 159 Å². The molecule has 0 aromatic heterocycles. The first kappa shape index (κ1) is 21.4. The summed E-state index contributed by atoms with van der Waals surface area (Å²) in [4.78, 5) is 23.7. The number of anilines is 2. The molecule has 0 bridgehead atoms. The zero-order valence-corrected chi connectivity index (χ0v) is 15.8. The van der Waals surface area contributed by atoms with Gasteiger partial charge in [0.05, 0.1) is 0 Å². The summed E-state index contributed by atoms with van der Waals surface area (Å²) < 4.78 is 53.2. The second-order valence-corrected chi connectivity index (χ2v) is 6.70. The number of alkyl halides is 4. The highest BCUT2D eigenvalue weighted by Crippen LogP contribution is 2.43. The van der Waals surface area contributed by atoms with E-state index in [4.69, 9.17) is 0 Å². The summed E-state index contributed by atoms with van der Waals surface area (Å²) in [6, 6.07) is 8.34. The topological polar surface area (TPSA) is 58.2 Å². The molecule has 0 aliphatic carbocycles. The molecule has 2 N–H and O–H groups in total. The SMILES string of the molecule is CC(=O)Nc1cccc(C(=O)Nc2c(C)cc(C(C)(F)C(F)(F)F)cc2C)c1. The van der Waals surface area contributed by atoms with E-state index in [1.807, 2.05) is 0 Å². The molecule has 2 rings (SSSR count). The Morgan fingerprint density at radius 3 is 2.00 bits per heavy atom. The first-order valence-corrected chi connectivity index (χ1v) is 8.39. The molecule has 2 aromatic carbocycles. The highest BCUT2D eigenvalue weighted by Gasteiger charge is 2.53. The third kappa shape index (κ3) is 4.49. The molecule has 150 valence electrons. The van der Waals surface area contributed by atoms with Crippen LogP contribution in [0.4, 0.5) is 28.9 Å². The van der Waals surface area contributed by atoms with Crippen molar-refractivity contribution in [2.45, 2.75) is 39.5 Å². The highest BCUT2D eigenvalue weighted by molar-refractivity contribution is 6.06. The molecule has 0 heterocycles. The number of benzene rings is 2. The largest absolute Gasteiger partial charge is 0.426 e. The van der Waals surface area contributed by atoms with Crippen LogP contribution in [0.2, 0.25) is 0 Å². The van der Waals surface area contributed by atoms with E-state index in [-0.39, 0.29) is 11.5 Å². The molecule has 8 heteroatoms. The van der Waals surface area contributed by atoms with Crippen molar-refractivity contribution in [3.05, 3.63) is 58.7 Å². The second kappa shape index (κ2) is 7.61. The van der Waals surface area contributed by atoms with Gasteiger partial charge in [0.15, 0.2) is 0 Å². The molecule has 2 amide bonds. The molecule has 28 heavy (non-hydrogen) atoms. The van der Waals surface area contributed by atoms with Crippen LogP contribution in [-0.2, 0) is 10.5 Å². The molecule has 0 aliphatic rings. The number of aryl methyl sites for hydroxylation is 2. The van der Waals surface area contributed by atoms with Crippen molar-refractivity contribution in [1.82, 2.24) is 0 Å². The fourth-order valence-corrected chi connectivity index (χ4v) is 2.72. The van der Waals surface area contributed by atoms with E-state index in [1.165, 1.54) is 32.9 Å². The van der Waals surface area contributed by atoms with Gasteiger partial charge in [-0.05, 0) is 55.7 Å². The minimum absolute atomic E-state index is 0.250. The maximum absolute atomic E-state index is 14.3. The Balaban J connectivity index is 2.32. The van der Waals surface area contributed by atoms with Crippen LogP contribution in [0.25, 0.3) is 0 Å². The van der Waals surface area contributed by atoms with Crippen molar-refractivity contribution in [2.24, 2.45) is 0 Å². The second-order valence-electron chi connectivity index (χ2n) is 6.70. The molecule has 4 nitrogen and oxygen atoms in total. The number of nitrogens with one attached hydrogen (secondary N) is 2. The van der Waals surface area contributed by atoms with Crippen molar-refractivity contribution in [3.8, 4) is 0 Å². The molecule has 0 radical (unpaired) electrons. The normalized spacial score (nSPS) is 13.6. The molecule has 0 aliphatic heterocycles. The quantitative estimate of drug-likeness (QED) is 0.693. The third-order valence-corrected chi connectivity index (χ3v) is 4.29. The molecule has 1 unspecified atom stereocenters. The van der Waals surface area contributed by atoms with E-state index in [0.717, 1.165) is 12.1 Å². The van der Waals surface area contributed by atoms with Crippen LogP contribution in [-0.4, -0.2) is 18.0 Å². The maximum Gasteiger partial charge on any atom is 0.426 e. The van der Waals surface area contributed by atoms with Gasteiger partial charge in [0.1, 0.15) is 0 Å². The highest BCUT2D eigenvalue weighted by atomic mass is 19.4. The lowest BCUT2D eigenvalue weighted by atomic mass is 9.92. The summed E-state index contributed by atoms with van der Waals surface area (Å²) in [7, 11) is 0. The van der Waals surface area contributed by atoms with E-state index in [1.54, 1.807) is 12.1 Å². The smallest absolute Gasteiger partial charge is 0.326 e. The minimum Gasteiger partial charge on any atom is -0.326 e. The van der Waals surface area contributed by atoms with E-state index >= 15 is 0 Å². The monoisotopic (exact) mass is 396 g/mol. The number of rotatable bonds is 4. The average Bonchev–Trinajstić information content (AvgIpc) is 2.56. The first-order valence-electron chi connectivity index (χ1n) is 8.39. The summed E-state index contributed by atoms with van der Waals surface area (Å²) in [6.07, 6.45) is -5.05. The summed E-state index contributed by atoms with van der Waals surface area (Å²) in [5.74, 6) is -0.802. The Morgan fingerprint density at radius 2 is 1.50 bits per heavy atom. The van der Waals surface area contributed by atoms with Gasteiger partial charge in [0, 0.05) is 23.9 Å². The van der Waals surface area contributed by atoms with Gasteiger partial charge in [-0.1, -0.05) is 18.2 Å². The van der Waals surface area contributed by atoms with Gasteiger partial charge in [-0.25, -0.2) is 4.39 Å². The Morgan fingerprint density at radius 1 is 0.929 bits per heavy atom. The first-order chi connectivity index (χ1) is 12.8. The molecule has 0 spiro atoms. The van der Waals surface area contributed by atoms with Crippen LogP contribution in [0.5, 0.6) is 0 Å². The van der Waals surface area contributed by atoms with Crippen molar-refractivity contribution >= 4 is 23.2 Å². The van der Waals surface area contributed by atoms with E-state index in [9.17, 15) is 27.2 Å². The lowest BCUT2D eigenvalue weighted by Gasteiger charge is -2.25. The van der Waals surface area contributed by atoms with Crippen molar-refractivity contribution < 1.29 is 27.2 Å². The number of carbonyl (C=O) groups excluding carboxylic acids is 2. The molecule has 0 saturated carbocycles. The van der Waals surface area contributed by atoms with E-state index in [0.29, 0.717) is 29.4 Å². The Bertz CT molecular complexity index is 898. The number of carbonyl (C=O) groups is 2. The summed E-state index contributed by atoms with van der Waals surface area (Å²) in [5, 5.41) is 5.20. The van der Waals surface area contributed by atoms with Crippen molar-refractivity contribution in [3.63, 3.8) is 0 Å². The lowest BCUT2D eigenvalue weighted by Crippen LogP contribution is -2.35. The van der Waals surface area contributed by atoms with Gasteiger partial charge in [-0.3, -0.25) is 9.59 Å². The third-order valence-electron chi connectivity index (χ3n) is 4.29. The van der Waals surface area contributed by atoms with Crippen LogP contribution in [0, 0.1) is 13.8 Å². The standard InChI is InChI=1S/C20H20F4N2O2/c1-11-8-15(19(4,21)20(22,23)24)9-12(2)17(11)26-18(28)14-6-5-7-16(10-14)25-13(3)27/h5-10H,1-4H3,(H,25,27)(H,26,28). The molecule has 0 saturated heterocycles. The number of halogens is 4. The molecule has 1 atom stereocenters. The molecule has 0 fully saturated rings. The summed E-state index contributed by atoms with van der Waals surface area (Å²) in [6.45, 7) is 4.78. The zero-order chi connectivity index (χ0) is 21.3. The van der Waals surface area contributed by atoms with Crippen molar-refractivity contribution in [1.29, 1.82) is 0 Å². The van der Waals surface area contributed by atoms with Gasteiger partial charge in [-0.2, -0.15) is 13.2 Å². The lowest BCUT2D eigenvalue weighted by molar-refractivity contribution is -0.228. The number of amides is 2. The predicted octanol–water partition coefficient (Wildman–Crippen LogP) is 5.26. The van der Waals surface area contributed by atoms with Gasteiger partial charge in [0.2, 0.25) is 11.6 Å². The summed E-state index contributed by atoms with van der Waals surface area (Å²) >= 11 is 0. The van der Waals surface area contributed by atoms with E-state index in [2.05, 4.69) is 10.6 Å². The number of hydrogen-bond donors (Lipinski definition) is 2. The Kier molecular flexibility index (Phi) is 5.82. The van der Waals surface area contributed by atoms with Crippen LogP contribution < -0.4 is 10.6 Å². The van der Waals surface area contributed by atoms with Gasteiger partial charge in [-0.15, -0.1) is 0 Å². The van der Waals surface area contributed by atoms with Crippen LogP contribution >= 0.6 is 0 Å². The molecule has 2 aromatic rings. The van der Waals surface area contributed by atoms with Gasteiger partial charge in [0.25, 0.3) is 5.91 Å². The molecular weight excluding hydrogens is 376 g/mol. The maximum atomic E-state index is 14.3. The number of hydrogen-bond acceptors (Lipinski definition) is 2. The summed E-state index contributed by atoms with van der Waals surface area (Å²) in [5.41, 5.74) is -2.44. The van der Waals surface area contributed by atoms with Crippen molar-refractivity contribution in [2.75, 3.05) is 10.6 Å². The molecular formula is C20H20F4N2O2. The van der Waals surface area contributed by atoms with E-state index < -0.39 is 23.3 Å². The predicted molar refractivity (Wildman–Crippen MR) is 99.1 cm³/mol. The zero-order valence-electron chi connectivity index (χ0n) is 15.8. The van der Waals surface area contributed by atoms with Crippen LogP contribution in [0.1, 0.15) is 40.9 Å². The minimum atomic E-state index is -5.05. The Hall–Kier alpha value is -2.90. The van der Waals surface area contributed by atoms with Gasteiger partial charge >= 0.3 is 6.18 Å². The van der Waals surface area contributed by atoms with Crippen LogP contribution in [0.3, 0.4) is 0 Å². The fraction of sp³-hybridized carbons (Fsp3) is 0.300. The average molecular weight is 396 g/mol. The van der Waals surface area contributed by atoms with Gasteiger partial charge < -0.3 is 10.6 Å². The fourth-order valence-electron chi connectivity index (χ4n) is 2.72. The van der Waals surface area contributed by atoms with Crippen LogP contribution in [0.15, 0.2) is 36.4 Å².